The summed E-state index contributed by atoms with van der Waals surface area (Å²) >= 11 is 0. The van der Waals surface area contributed by atoms with Crippen LogP contribution >= 0.6 is 0 Å². The lowest BCUT2D eigenvalue weighted by Crippen LogP contribution is -2.48. The van der Waals surface area contributed by atoms with Crippen LogP contribution in [0.2, 0.25) is 0 Å². The van der Waals surface area contributed by atoms with Crippen LogP contribution in [0.15, 0.2) is 0 Å². The molecule has 1 saturated carbocycles. The molecule has 100 valence electrons. The highest BCUT2D eigenvalue weighted by Crippen LogP contribution is 2.27. The number of nitrogens with one attached hydrogen (secondary N) is 1. The molecule has 0 aromatic heterocycles. The Hall–Kier alpha value is -1.57. The van der Waals surface area contributed by atoms with Gasteiger partial charge in [-0.1, -0.05) is 19.8 Å². The minimum absolute atomic E-state index is 0.129. The number of carbonyl (C=O) groups excluding carboxylic acids is 2. The van der Waals surface area contributed by atoms with Crippen molar-refractivity contribution in [2.45, 2.75) is 51.5 Å². The van der Waals surface area contributed by atoms with Crippen LogP contribution in [0.1, 0.15) is 45.4 Å². The fraction of sp³-hybridized carbons (Fsp3) is 0.769. The number of nitrogens with zero attached hydrogens (tertiary/aromatic N) is 1. The van der Waals surface area contributed by atoms with E-state index in [-0.39, 0.29) is 18.2 Å². The van der Waals surface area contributed by atoms with Crippen LogP contribution in [-0.4, -0.2) is 17.9 Å². The van der Waals surface area contributed by atoms with Crippen molar-refractivity contribution in [1.82, 2.24) is 5.32 Å². The fourth-order valence-corrected chi connectivity index (χ4v) is 2.46. The molecule has 0 aromatic rings. The van der Waals surface area contributed by atoms with Gasteiger partial charge in [0.2, 0.25) is 11.8 Å². The molecule has 1 fully saturated rings. The Balaban J connectivity index is 2.47. The van der Waals surface area contributed by atoms with Crippen molar-refractivity contribution in [1.29, 1.82) is 5.26 Å². The van der Waals surface area contributed by atoms with Gasteiger partial charge in [0.15, 0.2) is 0 Å². The summed E-state index contributed by atoms with van der Waals surface area (Å²) in [6.45, 7) is 1.74. The van der Waals surface area contributed by atoms with Crippen molar-refractivity contribution in [2.75, 3.05) is 0 Å². The first kappa shape index (κ1) is 14.5. The Morgan fingerprint density at radius 1 is 1.44 bits per heavy atom. The van der Waals surface area contributed by atoms with Crippen molar-refractivity contribution < 1.29 is 9.59 Å². The second kappa shape index (κ2) is 7.00. The van der Waals surface area contributed by atoms with E-state index in [4.69, 9.17) is 11.0 Å². The molecule has 2 atom stereocenters. The number of carbonyl (C=O) groups is 2. The predicted molar refractivity (Wildman–Crippen MR) is 67.1 cm³/mol. The zero-order valence-corrected chi connectivity index (χ0v) is 10.8. The molecule has 1 aliphatic rings. The van der Waals surface area contributed by atoms with Crippen LogP contribution in [0.4, 0.5) is 0 Å². The molecule has 0 saturated heterocycles. The van der Waals surface area contributed by atoms with Gasteiger partial charge in [-0.05, 0) is 24.7 Å². The van der Waals surface area contributed by atoms with Crippen molar-refractivity contribution in [3.05, 3.63) is 0 Å². The predicted octanol–water partition coefficient (Wildman–Crippen LogP) is 1.09. The molecule has 5 heteroatoms. The van der Waals surface area contributed by atoms with Gasteiger partial charge in [-0.2, -0.15) is 5.26 Å². The van der Waals surface area contributed by atoms with Gasteiger partial charge in [-0.25, -0.2) is 0 Å². The van der Waals surface area contributed by atoms with Crippen LogP contribution in [0.5, 0.6) is 0 Å². The molecule has 5 nitrogen and oxygen atoms in total. The van der Waals surface area contributed by atoms with Gasteiger partial charge in [0.25, 0.3) is 0 Å². The van der Waals surface area contributed by atoms with E-state index in [0.29, 0.717) is 12.3 Å². The van der Waals surface area contributed by atoms with Gasteiger partial charge >= 0.3 is 0 Å². The summed E-state index contributed by atoms with van der Waals surface area (Å²) in [6, 6.07) is 1.25. The zero-order valence-electron chi connectivity index (χ0n) is 10.8. The molecular weight excluding hydrogens is 230 g/mol. The van der Waals surface area contributed by atoms with Gasteiger partial charge < -0.3 is 11.1 Å². The third-order valence-corrected chi connectivity index (χ3v) is 3.55. The van der Waals surface area contributed by atoms with Gasteiger partial charge in [0.05, 0.1) is 6.07 Å². The number of nitriles is 1. The SMILES string of the molecule is C[C@@H](CC#N)[C@@H](NC(=O)CC1CCCC1)C(N)=O. The lowest BCUT2D eigenvalue weighted by Gasteiger charge is -2.21. The molecule has 3 N–H and O–H groups in total. The Morgan fingerprint density at radius 3 is 2.56 bits per heavy atom. The number of rotatable bonds is 6. The monoisotopic (exact) mass is 251 g/mol. The maximum absolute atomic E-state index is 11.8. The normalized spacial score (nSPS) is 18.9. The summed E-state index contributed by atoms with van der Waals surface area (Å²) in [5, 5.41) is 11.3. The molecule has 0 bridgehead atoms. The van der Waals surface area contributed by atoms with Gasteiger partial charge in [0, 0.05) is 12.8 Å². The van der Waals surface area contributed by atoms with Crippen molar-refractivity contribution in [3.63, 3.8) is 0 Å². The van der Waals surface area contributed by atoms with Gasteiger partial charge in [-0.3, -0.25) is 9.59 Å². The highest BCUT2D eigenvalue weighted by atomic mass is 16.2. The van der Waals surface area contributed by atoms with Crippen molar-refractivity contribution in [2.24, 2.45) is 17.6 Å². The van der Waals surface area contributed by atoms with Crippen LogP contribution < -0.4 is 11.1 Å². The molecule has 0 heterocycles. The first-order valence-electron chi connectivity index (χ1n) is 6.50. The molecular formula is C13H21N3O2. The minimum Gasteiger partial charge on any atom is -0.368 e. The molecule has 1 rings (SSSR count). The molecule has 0 radical (unpaired) electrons. The summed E-state index contributed by atoms with van der Waals surface area (Å²) in [6.07, 6.45) is 5.20. The highest BCUT2D eigenvalue weighted by molar-refractivity contribution is 5.86. The van der Waals surface area contributed by atoms with Crippen LogP contribution in [0, 0.1) is 23.2 Å². The first-order valence-corrected chi connectivity index (χ1v) is 6.50. The van der Waals surface area contributed by atoms with E-state index in [1.807, 2.05) is 6.07 Å². The van der Waals surface area contributed by atoms with Gasteiger partial charge in [0.1, 0.15) is 6.04 Å². The van der Waals surface area contributed by atoms with Gasteiger partial charge in [-0.15, -0.1) is 0 Å². The van der Waals surface area contributed by atoms with Crippen LogP contribution in [-0.2, 0) is 9.59 Å². The number of hydrogen-bond acceptors (Lipinski definition) is 3. The van der Waals surface area contributed by atoms with E-state index in [2.05, 4.69) is 5.32 Å². The maximum Gasteiger partial charge on any atom is 0.240 e. The molecule has 0 aromatic carbocycles. The third-order valence-electron chi connectivity index (χ3n) is 3.55. The Bertz CT molecular complexity index is 343. The quantitative estimate of drug-likeness (QED) is 0.739. The third kappa shape index (κ3) is 4.36. The molecule has 1 aliphatic carbocycles. The molecule has 0 unspecified atom stereocenters. The smallest absolute Gasteiger partial charge is 0.240 e. The van der Waals surface area contributed by atoms with Crippen LogP contribution in [0.25, 0.3) is 0 Å². The topological polar surface area (TPSA) is 96.0 Å². The van der Waals surface area contributed by atoms with Crippen molar-refractivity contribution >= 4 is 11.8 Å². The van der Waals surface area contributed by atoms with Crippen molar-refractivity contribution in [3.8, 4) is 6.07 Å². The molecule has 0 spiro atoms. The summed E-state index contributed by atoms with van der Waals surface area (Å²) in [5.74, 6) is -0.516. The van der Waals surface area contributed by atoms with Crippen LogP contribution in [0.3, 0.4) is 0 Å². The number of hydrogen-bond donors (Lipinski definition) is 2. The fourth-order valence-electron chi connectivity index (χ4n) is 2.46. The average Bonchev–Trinajstić information content (AvgIpc) is 2.78. The second-order valence-corrected chi connectivity index (χ2v) is 5.14. The lowest BCUT2D eigenvalue weighted by atomic mass is 9.97. The highest BCUT2D eigenvalue weighted by Gasteiger charge is 2.26. The lowest BCUT2D eigenvalue weighted by molar-refractivity contribution is -0.129. The first-order chi connectivity index (χ1) is 8.54. The summed E-state index contributed by atoms with van der Waals surface area (Å²) < 4.78 is 0. The van der Waals surface area contributed by atoms with E-state index in [0.717, 1.165) is 12.8 Å². The summed E-state index contributed by atoms with van der Waals surface area (Å²) in [7, 11) is 0. The number of nitrogens with two attached hydrogens (primary N) is 1. The van der Waals surface area contributed by atoms with E-state index in [1.165, 1.54) is 12.8 Å². The minimum atomic E-state index is -0.737. The largest absolute Gasteiger partial charge is 0.368 e. The van der Waals surface area contributed by atoms with E-state index >= 15 is 0 Å². The van der Waals surface area contributed by atoms with E-state index in [9.17, 15) is 9.59 Å². The Morgan fingerprint density at radius 2 is 2.06 bits per heavy atom. The summed E-state index contributed by atoms with van der Waals surface area (Å²) in [5.41, 5.74) is 5.26. The van der Waals surface area contributed by atoms with E-state index in [1.54, 1.807) is 6.92 Å². The zero-order chi connectivity index (χ0) is 13.5. The molecule has 0 aliphatic heterocycles. The molecule has 2 amide bonds. The van der Waals surface area contributed by atoms with E-state index < -0.39 is 11.9 Å². The Labute approximate surface area is 108 Å². The number of amides is 2. The standard InChI is InChI=1S/C13H21N3O2/c1-9(6-7-14)12(13(15)18)16-11(17)8-10-4-2-3-5-10/h9-10,12H,2-6,8H2,1H3,(H2,15,18)(H,16,17)/t9-,12+/m0/s1. The maximum atomic E-state index is 11.8. The second-order valence-electron chi connectivity index (χ2n) is 5.14. The number of primary amides is 1. The average molecular weight is 251 g/mol. The molecule has 18 heavy (non-hydrogen) atoms. The Kier molecular flexibility index (Phi) is 5.63. The summed E-state index contributed by atoms with van der Waals surface area (Å²) in [4.78, 5) is 23.1.